The van der Waals surface area contributed by atoms with Crippen molar-refractivity contribution in [2.45, 2.75) is 31.5 Å². The predicted octanol–water partition coefficient (Wildman–Crippen LogP) is 5.88. The first-order valence-electron chi connectivity index (χ1n) is 10.9. The lowest BCUT2D eigenvalue weighted by Crippen LogP contribution is -2.19. The number of amides is 1. The van der Waals surface area contributed by atoms with Crippen molar-refractivity contribution in [3.8, 4) is 22.8 Å². The normalized spacial score (nSPS) is 11.2. The van der Waals surface area contributed by atoms with Crippen LogP contribution in [0.1, 0.15) is 32.8 Å². The van der Waals surface area contributed by atoms with Crippen molar-refractivity contribution in [3.05, 3.63) is 59.5 Å². The van der Waals surface area contributed by atoms with Crippen molar-refractivity contribution in [2.24, 2.45) is 11.0 Å². The second kappa shape index (κ2) is 13.0. The van der Waals surface area contributed by atoms with Gasteiger partial charge in [0.2, 0.25) is 0 Å². The van der Waals surface area contributed by atoms with Gasteiger partial charge in [-0.2, -0.15) is 5.10 Å². The molecule has 33 heavy (non-hydrogen) atoms. The molecule has 6 nitrogen and oxygen atoms in total. The standard InChI is InChI=1S/C25H29N3O3S2/c1-4-30-23-14-19(10-11-22(23)31-13-12-18(2)3)15-26-28-24(29)17-33-25-27-21(16-32-25)20-8-6-5-7-9-20/h5-11,14-16,18H,4,12-13,17H2,1-3H3,(H,28,29)/b26-15+. The monoisotopic (exact) mass is 483 g/mol. The molecule has 174 valence electrons. The van der Waals surface area contributed by atoms with Crippen molar-refractivity contribution in [1.29, 1.82) is 0 Å². The molecule has 0 spiro atoms. The molecule has 0 saturated heterocycles. The van der Waals surface area contributed by atoms with Gasteiger partial charge in [0.1, 0.15) is 0 Å². The number of rotatable bonds is 12. The predicted molar refractivity (Wildman–Crippen MR) is 137 cm³/mol. The van der Waals surface area contributed by atoms with Crippen LogP contribution in [0.25, 0.3) is 11.3 Å². The average Bonchev–Trinajstić information content (AvgIpc) is 3.29. The van der Waals surface area contributed by atoms with Crippen molar-refractivity contribution >= 4 is 35.2 Å². The van der Waals surface area contributed by atoms with Crippen LogP contribution in [-0.2, 0) is 4.79 Å². The molecule has 0 radical (unpaired) electrons. The molecule has 0 fully saturated rings. The highest BCUT2D eigenvalue weighted by atomic mass is 32.2. The highest BCUT2D eigenvalue weighted by molar-refractivity contribution is 8.01. The molecule has 0 bridgehead atoms. The van der Waals surface area contributed by atoms with E-state index in [1.807, 2.05) is 60.8 Å². The van der Waals surface area contributed by atoms with Crippen molar-refractivity contribution < 1.29 is 14.3 Å². The lowest BCUT2D eigenvalue weighted by Gasteiger charge is -2.13. The minimum atomic E-state index is -0.189. The summed E-state index contributed by atoms with van der Waals surface area (Å²) in [4.78, 5) is 16.8. The Balaban J connectivity index is 1.49. The second-order valence-electron chi connectivity index (χ2n) is 7.62. The number of nitrogens with zero attached hydrogens (tertiary/aromatic N) is 2. The van der Waals surface area contributed by atoms with Crippen LogP contribution in [0.3, 0.4) is 0 Å². The summed E-state index contributed by atoms with van der Waals surface area (Å²) in [5.74, 6) is 2.02. The molecule has 1 heterocycles. The Morgan fingerprint density at radius 2 is 2.00 bits per heavy atom. The molecule has 8 heteroatoms. The second-order valence-corrected chi connectivity index (χ2v) is 9.70. The van der Waals surface area contributed by atoms with Gasteiger partial charge in [0.05, 0.1) is 30.9 Å². The third kappa shape index (κ3) is 8.22. The van der Waals surface area contributed by atoms with E-state index in [9.17, 15) is 4.79 Å². The zero-order valence-corrected chi connectivity index (χ0v) is 20.7. The van der Waals surface area contributed by atoms with Gasteiger partial charge in [0.15, 0.2) is 15.8 Å². The number of hydrogen-bond donors (Lipinski definition) is 1. The molecule has 0 atom stereocenters. The van der Waals surface area contributed by atoms with Crippen LogP contribution in [0.4, 0.5) is 0 Å². The fourth-order valence-corrected chi connectivity index (χ4v) is 4.43. The largest absolute Gasteiger partial charge is 0.490 e. The topological polar surface area (TPSA) is 72.8 Å². The maximum atomic E-state index is 12.2. The number of thiazole rings is 1. The summed E-state index contributed by atoms with van der Waals surface area (Å²) in [5.41, 5.74) is 5.37. The van der Waals surface area contributed by atoms with Crippen LogP contribution in [0.2, 0.25) is 0 Å². The summed E-state index contributed by atoms with van der Waals surface area (Å²) >= 11 is 2.92. The van der Waals surface area contributed by atoms with Crippen LogP contribution in [0.5, 0.6) is 11.5 Å². The number of nitrogens with one attached hydrogen (secondary N) is 1. The van der Waals surface area contributed by atoms with Crippen LogP contribution in [0, 0.1) is 5.92 Å². The Hall–Kier alpha value is -2.84. The molecule has 1 N–H and O–H groups in total. The van der Waals surface area contributed by atoms with E-state index in [4.69, 9.17) is 9.47 Å². The molecule has 0 unspecified atom stereocenters. The first-order chi connectivity index (χ1) is 16.0. The van der Waals surface area contributed by atoms with Gasteiger partial charge in [0.25, 0.3) is 5.91 Å². The van der Waals surface area contributed by atoms with Gasteiger partial charge < -0.3 is 9.47 Å². The minimum absolute atomic E-state index is 0.189. The molecule has 1 amide bonds. The lowest BCUT2D eigenvalue weighted by molar-refractivity contribution is -0.118. The van der Waals surface area contributed by atoms with E-state index in [0.717, 1.165) is 27.6 Å². The first kappa shape index (κ1) is 24.8. The maximum absolute atomic E-state index is 12.2. The summed E-state index contributed by atoms with van der Waals surface area (Å²) in [5, 5.41) is 6.07. The highest BCUT2D eigenvalue weighted by Gasteiger charge is 2.09. The molecular weight excluding hydrogens is 454 g/mol. The number of carbonyl (C=O) groups is 1. The maximum Gasteiger partial charge on any atom is 0.250 e. The zero-order chi connectivity index (χ0) is 23.5. The Labute approximate surface area is 203 Å². The van der Waals surface area contributed by atoms with E-state index in [0.29, 0.717) is 30.6 Å². The van der Waals surface area contributed by atoms with Crippen molar-refractivity contribution in [2.75, 3.05) is 19.0 Å². The minimum Gasteiger partial charge on any atom is -0.490 e. The SMILES string of the molecule is CCOc1cc(/C=N/NC(=O)CSc2nc(-c3ccccc3)cs2)ccc1OCCC(C)C. The number of carbonyl (C=O) groups excluding carboxylic acids is 1. The van der Waals surface area contributed by atoms with Crippen molar-refractivity contribution in [3.63, 3.8) is 0 Å². The molecule has 0 saturated carbocycles. The summed E-state index contributed by atoms with van der Waals surface area (Å²) < 4.78 is 12.4. The smallest absolute Gasteiger partial charge is 0.250 e. The quantitative estimate of drug-likeness (QED) is 0.198. The number of hydrogen-bond acceptors (Lipinski definition) is 7. The van der Waals surface area contributed by atoms with E-state index in [2.05, 4.69) is 29.4 Å². The molecular formula is C25H29N3O3S2. The lowest BCUT2D eigenvalue weighted by atomic mass is 10.1. The fourth-order valence-electron chi connectivity index (χ4n) is 2.80. The average molecular weight is 484 g/mol. The molecule has 2 aromatic carbocycles. The summed E-state index contributed by atoms with van der Waals surface area (Å²) in [7, 11) is 0. The number of aromatic nitrogens is 1. The summed E-state index contributed by atoms with van der Waals surface area (Å²) in [6.07, 6.45) is 2.58. The summed E-state index contributed by atoms with van der Waals surface area (Å²) in [6.45, 7) is 7.45. The molecule has 3 rings (SSSR count). The Morgan fingerprint density at radius 1 is 1.18 bits per heavy atom. The van der Waals surface area contributed by atoms with Gasteiger partial charge in [-0.1, -0.05) is 55.9 Å². The molecule has 0 aliphatic heterocycles. The number of hydrazone groups is 1. The van der Waals surface area contributed by atoms with E-state index in [1.54, 1.807) is 6.21 Å². The zero-order valence-electron chi connectivity index (χ0n) is 19.1. The van der Waals surface area contributed by atoms with Gasteiger partial charge in [-0.05, 0) is 43.0 Å². The molecule has 3 aromatic rings. The van der Waals surface area contributed by atoms with E-state index in [-0.39, 0.29) is 11.7 Å². The van der Waals surface area contributed by atoms with E-state index < -0.39 is 0 Å². The van der Waals surface area contributed by atoms with Crippen LogP contribution >= 0.6 is 23.1 Å². The number of ether oxygens (including phenoxy) is 2. The highest BCUT2D eigenvalue weighted by Crippen LogP contribution is 2.29. The fraction of sp³-hybridized carbons (Fsp3) is 0.320. The third-order valence-electron chi connectivity index (χ3n) is 4.50. The Kier molecular flexibility index (Phi) is 9.77. The number of thioether (sulfide) groups is 1. The van der Waals surface area contributed by atoms with Gasteiger partial charge in [-0.25, -0.2) is 10.4 Å². The summed E-state index contributed by atoms with van der Waals surface area (Å²) in [6, 6.07) is 15.6. The third-order valence-corrected chi connectivity index (χ3v) is 6.52. The van der Waals surface area contributed by atoms with Crippen LogP contribution in [0.15, 0.2) is 63.4 Å². The first-order valence-corrected chi connectivity index (χ1v) is 12.8. The van der Waals surface area contributed by atoms with Gasteiger partial charge >= 0.3 is 0 Å². The van der Waals surface area contributed by atoms with Gasteiger partial charge in [-0.15, -0.1) is 11.3 Å². The van der Waals surface area contributed by atoms with Crippen LogP contribution < -0.4 is 14.9 Å². The number of benzene rings is 2. The molecule has 0 aliphatic carbocycles. The van der Waals surface area contributed by atoms with Gasteiger partial charge in [-0.3, -0.25) is 4.79 Å². The Morgan fingerprint density at radius 3 is 2.76 bits per heavy atom. The molecule has 0 aliphatic rings. The molecule has 1 aromatic heterocycles. The van der Waals surface area contributed by atoms with E-state index >= 15 is 0 Å². The van der Waals surface area contributed by atoms with Gasteiger partial charge in [0, 0.05) is 10.9 Å². The Bertz CT molecular complexity index is 1050. The van der Waals surface area contributed by atoms with E-state index in [1.165, 1.54) is 23.1 Å². The van der Waals surface area contributed by atoms with Crippen molar-refractivity contribution in [1.82, 2.24) is 10.4 Å². The van der Waals surface area contributed by atoms with Crippen LogP contribution in [-0.4, -0.2) is 36.1 Å².